The van der Waals surface area contributed by atoms with E-state index in [0.717, 1.165) is 0 Å². The second kappa shape index (κ2) is 4.51. The summed E-state index contributed by atoms with van der Waals surface area (Å²) in [5.74, 6) is -1.88. The summed E-state index contributed by atoms with van der Waals surface area (Å²) in [4.78, 5) is 33.9. The predicted molar refractivity (Wildman–Crippen MR) is 46.4 cm³/mol. The molecule has 0 unspecified atom stereocenters. The zero-order valence-corrected chi connectivity index (χ0v) is 7.53. The van der Waals surface area contributed by atoms with Gasteiger partial charge in [-0.25, -0.2) is 4.79 Å². The molecule has 0 radical (unpaired) electrons. The summed E-state index contributed by atoms with van der Waals surface area (Å²) in [7, 11) is 0. The van der Waals surface area contributed by atoms with Crippen molar-refractivity contribution in [2.45, 2.75) is 6.73 Å². The van der Waals surface area contributed by atoms with Gasteiger partial charge in [0.2, 0.25) is 5.82 Å². The van der Waals surface area contributed by atoms with Gasteiger partial charge < -0.3 is 10.5 Å². The first-order valence-corrected chi connectivity index (χ1v) is 3.89. The molecule has 0 aliphatic carbocycles. The highest BCUT2D eigenvalue weighted by Gasteiger charge is 2.05. The molecular weight excluding hydrogens is 209 g/mol. The molecule has 1 rings (SSSR count). The molecule has 7 nitrogen and oxygen atoms in total. The third kappa shape index (κ3) is 2.74. The van der Waals surface area contributed by atoms with E-state index in [1.165, 1.54) is 0 Å². The molecule has 0 aliphatic heterocycles. The number of aromatic nitrogens is 2. The average molecular weight is 217 g/mol. The summed E-state index contributed by atoms with van der Waals surface area (Å²) in [5.41, 5.74) is 2.94. The maximum atomic E-state index is 12.7. The van der Waals surface area contributed by atoms with Crippen LogP contribution in [-0.4, -0.2) is 22.1 Å². The van der Waals surface area contributed by atoms with Gasteiger partial charge in [-0.3, -0.25) is 19.1 Å². The van der Waals surface area contributed by atoms with Crippen LogP contribution in [0.25, 0.3) is 0 Å². The number of aromatic amines is 1. The minimum absolute atomic E-state index is 0.347. The standard InChI is InChI=1S/C7H8FN3O4/c8-4-2-11(3-15-5(12)1-9)7(14)10-6(4)13/h2H,1,3,9H2,(H,10,13,14). The van der Waals surface area contributed by atoms with Crippen LogP contribution in [0, 0.1) is 5.82 Å². The Labute approximate surface area is 82.3 Å². The van der Waals surface area contributed by atoms with Crippen molar-refractivity contribution in [1.29, 1.82) is 0 Å². The number of halogens is 1. The molecule has 0 saturated carbocycles. The van der Waals surface area contributed by atoms with Gasteiger partial charge in [0, 0.05) is 0 Å². The summed E-state index contributed by atoms with van der Waals surface area (Å²) < 4.78 is 17.9. The van der Waals surface area contributed by atoms with Gasteiger partial charge in [0.25, 0.3) is 5.56 Å². The molecule has 0 aromatic carbocycles. The number of carbonyl (C=O) groups is 1. The van der Waals surface area contributed by atoms with E-state index in [-0.39, 0.29) is 6.54 Å². The first-order valence-electron chi connectivity index (χ1n) is 3.89. The SMILES string of the molecule is NCC(=O)OCn1cc(F)c(=O)[nH]c1=O. The molecule has 0 amide bonds. The quantitative estimate of drug-likeness (QED) is 0.577. The van der Waals surface area contributed by atoms with Gasteiger partial charge in [0.15, 0.2) is 6.73 Å². The minimum atomic E-state index is -1.14. The highest BCUT2D eigenvalue weighted by Crippen LogP contribution is 1.86. The Balaban J connectivity index is 2.87. The molecule has 0 spiro atoms. The predicted octanol–water partition coefficient (Wildman–Crippen LogP) is -1.86. The second-order valence-electron chi connectivity index (χ2n) is 2.56. The molecule has 0 aliphatic rings. The number of esters is 1. The number of nitrogens with zero attached hydrogens (tertiary/aromatic N) is 1. The number of ether oxygens (including phenoxy) is 1. The molecular formula is C7H8FN3O4. The number of nitrogens with one attached hydrogen (secondary N) is 1. The molecule has 1 aromatic heterocycles. The van der Waals surface area contributed by atoms with Crippen molar-refractivity contribution in [3.8, 4) is 0 Å². The molecule has 8 heteroatoms. The number of carbonyl (C=O) groups excluding carboxylic acids is 1. The van der Waals surface area contributed by atoms with E-state index in [1.807, 2.05) is 0 Å². The van der Waals surface area contributed by atoms with Gasteiger partial charge in [0.05, 0.1) is 12.7 Å². The number of H-pyrrole nitrogens is 1. The second-order valence-corrected chi connectivity index (χ2v) is 2.56. The van der Waals surface area contributed by atoms with E-state index < -0.39 is 29.8 Å². The zero-order valence-electron chi connectivity index (χ0n) is 7.53. The highest BCUT2D eigenvalue weighted by molar-refractivity contribution is 5.71. The molecule has 3 N–H and O–H groups in total. The number of hydrogen-bond acceptors (Lipinski definition) is 5. The number of rotatable bonds is 3. The van der Waals surface area contributed by atoms with Gasteiger partial charge in [-0.2, -0.15) is 4.39 Å². The van der Waals surface area contributed by atoms with Crippen LogP contribution in [0.3, 0.4) is 0 Å². The molecule has 15 heavy (non-hydrogen) atoms. The number of hydrogen-bond donors (Lipinski definition) is 2. The van der Waals surface area contributed by atoms with Gasteiger partial charge in [-0.05, 0) is 0 Å². The van der Waals surface area contributed by atoms with Crippen molar-refractivity contribution in [2.24, 2.45) is 5.73 Å². The lowest BCUT2D eigenvalue weighted by Crippen LogP contribution is -2.33. The lowest BCUT2D eigenvalue weighted by molar-refractivity contribution is -0.145. The molecule has 0 bridgehead atoms. The highest BCUT2D eigenvalue weighted by atomic mass is 19.1. The summed E-state index contributed by atoms with van der Waals surface area (Å²) in [6, 6.07) is 0. The van der Waals surface area contributed by atoms with Crippen LogP contribution in [0.4, 0.5) is 4.39 Å². The average Bonchev–Trinajstić information content (AvgIpc) is 2.21. The fourth-order valence-electron chi connectivity index (χ4n) is 0.779. The fraction of sp³-hybridized carbons (Fsp3) is 0.286. The molecule has 1 aromatic rings. The molecule has 0 fully saturated rings. The summed E-state index contributed by atoms with van der Waals surface area (Å²) in [6.45, 7) is -0.844. The largest absolute Gasteiger partial charge is 0.443 e. The van der Waals surface area contributed by atoms with Crippen molar-refractivity contribution in [1.82, 2.24) is 9.55 Å². The number of nitrogens with two attached hydrogens (primary N) is 1. The molecule has 0 saturated heterocycles. The van der Waals surface area contributed by atoms with E-state index in [9.17, 15) is 18.8 Å². The van der Waals surface area contributed by atoms with Crippen molar-refractivity contribution in [3.63, 3.8) is 0 Å². The molecule has 0 atom stereocenters. The van der Waals surface area contributed by atoms with Crippen LogP contribution in [0.2, 0.25) is 0 Å². The van der Waals surface area contributed by atoms with E-state index >= 15 is 0 Å². The maximum absolute atomic E-state index is 12.7. The monoisotopic (exact) mass is 217 g/mol. The van der Waals surface area contributed by atoms with Crippen LogP contribution in [0.5, 0.6) is 0 Å². The van der Waals surface area contributed by atoms with Crippen molar-refractivity contribution < 1.29 is 13.9 Å². The van der Waals surface area contributed by atoms with E-state index in [0.29, 0.717) is 10.8 Å². The van der Waals surface area contributed by atoms with Crippen LogP contribution < -0.4 is 17.0 Å². The fourth-order valence-corrected chi connectivity index (χ4v) is 0.779. The van der Waals surface area contributed by atoms with E-state index in [2.05, 4.69) is 4.74 Å². The lowest BCUT2D eigenvalue weighted by Gasteiger charge is -2.05. The first kappa shape index (κ1) is 11.1. The van der Waals surface area contributed by atoms with Gasteiger partial charge in [-0.1, -0.05) is 0 Å². The summed E-state index contributed by atoms with van der Waals surface area (Å²) >= 11 is 0. The Kier molecular flexibility index (Phi) is 3.34. The Hall–Kier alpha value is -1.96. The summed E-state index contributed by atoms with van der Waals surface area (Å²) in [5, 5.41) is 0. The van der Waals surface area contributed by atoms with Gasteiger partial charge in [-0.15, -0.1) is 0 Å². The van der Waals surface area contributed by atoms with Crippen molar-refractivity contribution in [2.75, 3.05) is 6.54 Å². The van der Waals surface area contributed by atoms with Crippen LogP contribution in [0.15, 0.2) is 15.8 Å². The Morgan fingerprint density at radius 2 is 2.27 bits per heavy atom. The maximum Gasteiger partial charge on any atom is 0.331 e. The van der Waals surface area contributed by atoms with Crippen LogP contribution >= 0.6 is 0 Å². The van der Waals surface area contributed by atoms with Gasteiger partial charge >= 0.3 is 11.7 Å². The normalized spacial score (nSPS) is 10.0. The van der Waals surface area contributed by atoms with E-state index in [1.54, 1.807) is 4.98 Å². The Morgan fingerprint density at radius 1 is 1.60 bits per heavy atom. The Morgan fingerprint density at radius 3 is 2.87 bits per heavy atom. The Bertz CT molecular complexity index is 478. The zero-order chi connectivity index (χ0) is 11.4. The van der Waals surface area contributed by atoms with E-state index in [4.69, 9.17) is 5.73 Å². The topological polar surface area (TPSA) is 107 Å². The van der Waals surface area contributed by atoms with Crippen molar-refractivity contribution in [3.05, 3.63) is 32.9 Å². The first-order chi connectivity index (χ1) is 7.04. The smallest absolute Gasteiger partial charge is 0.331 e. The van der Waals surface area contributed by atoms with Crippen LogP contribution in [-0.2, 0) is 16.3 Å². The third-order valence-electron chi connectivity index (χ3n) is 1.50. The minimum Gasteiger partial charge on any atom is -0.443 e. The van der Waals surface area contributed by atoms with Crippen LogP contribution in [0.1, 0.15) is 0 Å². The third-order valence-corrected chi connectivity index (χ3v) is 1.50. The molecule has 1 heterocycles. The lowest BCUT2D eigenvalue weighted by atomic mass is 10.6. The van der Waals surface area contributed by atoms with Crippen molar-refractivity contribution >= 4 is 5.97 Å². The molecule has 82 valence electrons. The summed E-state index contributed by atoms with van der Waals surface area (Å²) in [6.07, 6.45) is 0.644. The van der Waals surface area contributed by atoms with Gasteiger partial charge in [0.1, 0.15) is 0 Å².